The highest BCUT2D eigenvalue weighted by molar-refractivity contribution is 5.24. The van der Waals surface area contributed by atoms with Crippen LogP contribution in [0, 0.1) is 23.4 Å². The minimum atomic E-state index is -0.928. The van der Waals surface area contributed by atoms with Crippen LogP contribution in [-0.4, -0.2) is 13.2 Å². The Morgan fingerprint density at radius 2 is 1.65 bits per heavy atom. The van der Waals surface area contributed by atoms with Crippen molar-refractivity contribution in [1.82, 2.24) is 0 Å². The van der Waals surface area contributed by atoms with Gasteiger partial charge in [-0.15, -0.1) is 0 Å². The first kappa shape index (κ1) is 12.4. The Morgan fingerprint density at radius 1 is 1.12 bits per heavy atom. The summed E-state index contributed by atoms with van der Waals surface area (Å²) in [4.78, 5) is 0. The number of rotatable bonds is 2. The van der Waals surface area contributed by atoms with Gasteiger partial charge in [0.2, 0.25) is 0 Å². The van der Waals surface area contributed by atoms with Crippen LogP contribution in [0.25, 0.3) is 0 Å². The molecule has 1 atom stereocenters. The summed E-state index contributed by atoms with van der Waals surface area (Å²) in [5, 5.41) is 0. The zero-order valence-electron chi connectivity index (χ0n) is 9.26. The maximum absolute atomic E-state index is 13.5. The lowest BCUT2D eigenvalue weighted by Gasteiger charge is -2.28. The van der Waals surface area contributed by atoms with Gasteiger partial charge in [-0.05, 0) is 18.8 Å². The second-order valence-corrected chi connectivity index (χ2v) is 4.26. The first-order valence-corrected chi connectivity index (χ1v) is 5.57. The molecule has 94 valence electrons. The molecule has 0 aliphatic carbocycles. The minimum absolute atomic E-state index is 0.0294. The summed E-state index contributed by atoms with van der Waals surface area (Å²) < 4.78 is 45.0. The third-order valence-corrected chi connectivity index (χ3v) is 3.15. The number of halogens is 3. The SMILES string of the molecule is N[C@H](c1c(F)cc(F)cc1F)C1CCOCC1. The van der Waals surface area contributed by atoms with E-state index in [1.54, 1.807) is 0 Å². The van der Waals surface area contributed by atoms with Crippen LogP contribution in [0.2, 0.25) is 0 Å². The quantitative estimate of drug-likeness (QED) is 0.869. The molecule has 2 N–H and O–H groups in total. The molecule has 1 heterocycles. The lowest BCUT2D eigenvalue weighted by molar-refractivity contribution is 0.0575. The van der Waals surface area contributed by atoms with Crippen molar-refractivity contribution in [2.75, 3.05) is 13.2 Å². The van der Waals surface area contributed by atoms with Crippen LogP contribution in [0.5, 0.6) is 0 Å². The largest absolute Gasteiger partial charge is 0.381 e. The highest BCUT2D eigenvalue weighted by Gasteiger charge is 2.27. The fraction of sp³-hybridized carbons (Fsp3) is 0.500. The van der Waals surface area contributed by atoms with Crippen LogP contribution in [-0.2, 0) is 4.74 Å². The lowest BCUT2D eigenvalue weighted by Crippen LogP contribution is -2.29. The average Bonchev–Trinajstić information content (AvgIpc) is 2.28. The van der Waals surface area contributed by atoms with Gasteiger partial charge in [0.25, 0.3) is 0 Å². The standard InChI is InChI=1S/C12H14F3NO/c13-8-5-9(14)11(10(15)6-8)12(16)7-1-3-17-4-2-7/h5-7,12H,1-4,16H2/t12-/m0/s1. The van der Waals surface area contributed by atoms with E-state index in [2.05, 4.69) is 0 Å². The zero-order valence-corrected chi connectivity index (χ0v) is 9.26. The topological polar surface area (TPSA) is 35.2 Å². The van der Waals surface area contributed by atoms with Gasteiger partial charge in [0, 0.05) is 37.0 Å². The maximum atomic E-state index is 13.5. The van der Waals surface area contributed by atoms with E-state index in [0.29, 0.717) is 38.2 Å². The van der Waals surface area contributed by atoms with Crippen molar-refractivity contribution in [3.8, 4) is 0 Å². The molecule has 1 fully saturated rings. The van der Waals surface area contributed by atoms with Crippen LogP contribution in [0.3, 0.4) is 0 Å². The Morgan fingerprint density at radius 3 is 2.18 bits per heavy atom. The number of hydrogen-bond acceptors (Lipinski definition) is 2. The summed E-state index contributed by atoms with van der Waals surface area (Å²) in [7, 11) is 0. The number of nitrogens with two attached hydrogens (primary N) is 1. The van der Waals surface area contributed by atoms with E-state index in [1.807, 2.05) is 0 Å². The smallest absolute Gasteiger partial charge is 0.133 e. The number of ether oxygens (including phenoxy) is 1. The summed E-state index contributed by atoms with van der Waals surface area (Å²) in [5.74, 6) is -2.79. The van der Waals surface area contributed by atoms with E-state index in [0.717, 1.165) is 0 Å². The molecule has 0 radical (unpaired) electrons. The van der Waals surface area contributed by atoms with Crippen molar-refractivity contribution in [2.45, 2.75) is 18.9 Å². The molecule has 0 amide bonds. The van der Waals surface area contributed by atoms with Crippen molar-refractivity contribution in [1.29, 1.82) is 0 Å². The van der Waals surface area contributed by atoms with Gasteiger partial charge in [-0.1, -0.05) is 0 Å². The van der Waals surface area contributed by atoms with Crippen LogP contribution < -0.4 is 5.73 Å². The summed E-state index contributed by atoms with van der Waals surface area (Å²) >= 11 is 0. The van der Waals surface area contributed by atoms with Gasteiger partial charge in [-0.2, -0.15) is 0 Å². The van der Waals surface area contributed by atoms with E-state index in [1.165, 1.54) is 0 Å². The fourth-order valence-corrected chi connectivity index (χ4v) is 2.18. The second kappa shape index (κ2) is 5.06. The molecular weight excluding hydrogens is 231 g/mol. The first-order valence-electron chi connectivity index (χ1n) is 5.57. The molecule has 2 rings (SSSR count). The van der Waals surface area contributed by atoms with Crippen LogP contribution >= 0.6 is 0 Å². The lowest BCUT2D eigenvalue weighted by atomic mass is 9.87. The average molecular weight is 245 g/mol. The molecule has 1 saturated heterocycles. The maximum Gasteiger partial charge on any atom is 0.133 e. The van der Waals surface area contributed by atoms with E-state index in [4.69, 9.17) is 10.5 Å². The van der Waals surface area contributed by atoms with Crippen molar-refractivity contribution < 1.29 is 17.9 Å². The molecule has 1 aliphatic heterocycles. The molecule has 1 aromatic rings. The predicted octanol–water partition coefficient (Wildman–Crippen LogP) is 2.53. The van der Waals surface area contributed by atoms with Crippen molar-refractivity contribution in [3.05, 3.63) is 35.1 Å². The van der Waals surface area contributed by atoms with Gasteiger partial charge in [-0.3, -0.25) is 0 Å². The van der Waals surface area contributed by atoms with E-state index < -0.39 is 23.5 Å². The zero-order chi connectivity index (χ0) is 12.4. The summed E-state index contributed by atoms with van der Waals surface area (Å²) in [6.07, 6.45) is 1.33. The van der Waals surface area contributed by atoms with E-state index in [9.17, 15) is 13.2 Å². The minimum Gasteiger partial charge on any atom is -0.381 e. The number of benzene rings is 1. The fourth-order valence-electron chi connectivity index (χ4n) is 2.18. The molecule has 0 bridgehead atoms. The molecule has 2 nitrogen and oxygen atoms in total. The third-order valence-electron chi connectivity index (χ3n) is 3.15. The Hall–Kier alpha value is -1.07. The van der Waals surface area contributed by atoms with Crippen molar-refractivity contribution >= 4 is 0 Å². The Labute approximate surface area is 97.6 Å². The highest BCUT2D eigenvalue weighted by atomic mass is 19.1. The number of hydrogen-bond donors (Lipinski definition) is 1. The van der Waals surface area contributed by atoms with Gasteiger partial charge >= 0.3 is 0 Å². The van der Waals surface area contributed by atoms with Gasteiger partial charge in [0.05, 0.1) is 0 Å². The molecule has 0 aromatic heterocycles. The molecule has 5 heteroatoms. The van der Waals surface area contributed by atoms with E-state index in [-0.39, 0.29) is 11.5 Å². The molecule has 0 saturated carbocycles. The van der Waals surface area contributed by atoms with Crippen molar-refractivity contribution in [2.24, 2.45) is 11.7 Å². The normalized spacial score (nSPS) is 19.3. The Balaban J connectivity index is 2.26. The Bertz CT molecular complexity index is 382. The summed E-state index contributed by atoms with van der Waals surface area (Å²) in [5.41, 5.74) is 5.64. The third kappa shape index (κ3) is 2.61. The second-order valence-electron chi connectivity index (χ2n) is 4.26. The Kier molecular flexibility index (Phi) is 3.69. The summed E-state index contributed by atoms with van der Waals surface area (Å²) in [6.45, 7) is 1.09. The molecule has 1 aromatic carbocycles. The molecule has 1 aliphatic rings. The van der Waals surface area contributed by atoms with Crippen molar-refractivity contribution in [3.63, 3.8) is 0 Å². The predicted molar refractivity (Wildman–Crippen MR) is 56.8 cm³/mol. The highest BCUT2D eigenvalue weighted by Crippen LogP contribution is 2.31. The first-order chi connectivity index (χ1) is 8.09. The van der Waals surface area contributed by atoms with Crippen LogP contribution in [0.1, 0.15) is 24.4 Å². The van der Waals surface area contributed by atoms with Crippen LogP contribution in [0.4, 0.5) is 13.2 Å². The van der Waals surface area contributed by atoms with Gasteiger partial charge in [0.15, 0.2) is 0 Å². The summed E-state index contributed by atoms with van der Waals surface area (Å²) in [6, 6.07) is 0.578. The molecule has 0 spiro atoms. The van der Waals surface area contributed by atoms with Gasteiger partial charge in [0.1, 0.15) is 17.5 Å². The molecule has 17 heavy (non-hydrogen) atoms. The van der Waals surface area contributed by atoms with Crippen LogP contribution in [0.15, 0.2) is 12.1 Å². The monoisotopic (exact) mass is 245 g/mol. The molecular formula is C12H14F3NO. The van der Waals surface area contributed by atoms with Gasteiger partial charge < -0.3 is 10.5 Å². The van der Waals surface area contributed by atoms with E-state index >= 15 is 0 Å². The molecule has 0 unspecified atom stereocenters. The van der Waals surface area contributed by atoms with Gasteiger partial charge in [-0.25, -0.2) is 13.2 Å².